The Labute approximate surface area is 198 Å². The van der Waals surface area contributed by atoms with Crippen LogP contribution in [-0.2, 0) is 12.4 Å². The molecule has 14 heteroatoms. The minimum Gasteiger partial charge on any atom is -0.356 e. The second-order valence-corrected chi connectivity index (χ2v) is 8.05. The molecule has 0 aliphatic rings. The molecule has 3 rings (SSSR count). The van der Waals surface area contributed by atoms with E-state index in [1.165, 1.54) is 42.1 Å². The van der Waals surface area contributed by atoms with E-state index in [-0.39, 0.29) is 28.3 Å². The zero-order chi connectivity index (χ0) is 25.1. The molecule has 0 aliphatic heterocycles. The lowest BCUT2D eigenvalue weighted by molar-refractivity contribution is -0.143. The third-order valence-electron chi connectivity index (χ3n) is 4.39. The van der Waals surface area contributed by atoms with Crippen LogP contribution >= 0.6 is 23.6 Å². The van der Waals surface area contributed by atoms with Gasteiger partial charge >= 0.3 is 12.4 Å². The zero-order valence-corrected chi connectivity index (χ0v) is 18.7. The SMILES string of the molecule is C[C@H](NC(=S)Nc1ccc(NC(=O)c2cscn2)nc1)c1cc(C(F)(F)F)cc(C(F)(F)F)c1. The van der Waals surface area contributed by atoms with Gasteiger partial charge in [-0.25, -0.2) is 9.97 Å². The van der Waals surface area contributed by atoms with Crippen LogP contribution in [0.4, 0.5) is 37.8 Å². The van der Waals surface area contributed by atoms with Gasteiger partial charge in [0.1, 0.15) is 11.5 Å². The molecular weight excluding hydrogens is 504 g/mol. The van der Waals surface area contributed by atoms with Crippen LogP contribution in [0.15, 0.2) is 47.4 Å². The minimum atomic E-state index is -4.95. The molecule has 0 saturated carbocycles. The number of carbonyl (C=O) groups excluding carboxylic acids is 1. The molecule has 34 heavy (non-hydrogen) atoms. The molecule has 2 heterocycles. The lowest BCUT2D eigenvalue weighted by Crippen LogP contribution is -2.31. The molecular formula is C20H15F6N5OS2. The fourth-order valence-electron chi connectivity index (χ4n) is 2.72. The number of pyridine rings is 1. The smallest absolute Gasteiger partial charge is 0.356 e. The Morgan fingerprint density at radius 2 is 1.65 bits per heavy atom. The summed E-state index contributed by atoms with van der Waals surface area (Å²) in [6.07, 6.45) is -8.56. The Bertz CT molecular complexity index is 1130. The maximum atomic E-state index is 13.1. The van der Waals surface area contributed by atoms with Gasteiger partial charge in [0.05, 0.1) is 34.6 Å². The first kappa shape index (κ1) is 25.4. The Hall–Kier alpha value is -3.26. The van der Waals surface area contributed by atoms with Crippen molar-refractivity contribution >= 4 is 46.1 Å². The number of hydrogen-bond acceptors (Lipinski definition) is 5. The second-order valence-electron chi connectivity index (χ2n) is 6.92. The first-order valence-corrected chi connectivity index (χ1v) is 10.7. The number of hydrogen-bond donors (Lipinski definition) is 3. The lowest BCUT2D eigenvalue weighted by Gasteiger charge is -2.20. The second kappa shape index (κ2) is 9.93. The molecule has 0 aliphatic carbocycles. The standard InChI is InChI=1S/C20H15F6N5OS2/c1-10(11-4-12(19(21,22)23)6-13(5-11)20(24,25)26)29-18(33)30-14-2-3-16(27-7-14)31-17(32)15-8-34-9-28-15/h2-10H,1H3,(H,27,31,32)(H2,29,30,33)/t10-/m0/s1. The van der Waals surface area contributed by atoms with Crippen molar-refractivity contribution in [1.29, 1.82) is 0 Å². The fourth-order valence-corrected chi connectivity index (χ4v) is 3.55. The number of amides is 1. The van der Waals surface area contributed by atoms with E-state index in [1.807, 2.05) is 0 Å². The van der Waals surface area contributed by atoms with Gasteiger partial charge in [-0.1, -0.05) is 0 Å². The van der Waals surface area contributed by atoms with Crippen LogP contribution in [-0.4, -0.2) is 21.0 Å². The summed E-state index contributed by atoms with van der Waals surface area (Å²) in [6.45, 7) is 1.37. The Morgan fingerprint density at radius 1 is 1.00 bits per heavy atom. The fraction of sp³-hybridized carbons (Fsp3) is 0.200. The molecule has 1 aromatic carbocycles. The van der Waals surface area contributed by atoms with E-state index < -0.39 is 35.4 Å². The summed E-state index contributed by atoms with van der Waals surface area (Å²) in [4.78, 5) is 19.9. The van der Waals surface area contributed by atoms with Gasteiger partial charge < -0.3 is 16.0 Å². The highest BCUT2D eigenvalue weighted by molar-refractivity contribution is 7.80. The van der Waals surface area contributed by atoms with E-state index in [1.54, 1.807) is 5.38 Å². The van der Waals surface area contributed by atoms with Crippen LogP contribution in [0.3, 0.4) is 0 Å². The minimum absolute atomic E-state index is 0.0560. The summed E-state index contributed by atoms with van der Waals surface area (Å²) < 4.78 is 78.5. The zero-order valence-electron chi connectivity index (χ0n) is 17.1. The number of thiocarbonyl (C=S) groups is 1. The topological polar surface area (TPSA) is 78.9 Å². The molecule has 1 amide bonds. The predicted octanol–water partition coefficient (Wildman–Crippen LogP) is 5.88. The largest absolute Gasteiger partial charge is 0.416 e. The molecule has 1 atom stereocenters. The lowest BCUT2D eigenvalue weighted by atomic mass is 10.0. The number of nitrogens with one attached hydrogen (secondary N) is 3. The van der Waals surface area contributed by atoms with Crippen molar-refractivity contribution in [3.8, 4) is 0 Å². The molecule has 0 fully saturated rings. The summed E-state index contributed by atoms with van der Waals surface area (Å²) in [7, 11) is 0. The number of carbonyl (C=O) groups is 1. The highest BCUT2D eigenvalue weighted by atomic mass is 32.1. The van der Waals surface area contributed by atoms with Crippen LogP contribution in [0.5, 0.6) is 0 Å². The molecule has 3 N–H and O–H groups in total. The van der Waals surface area contributed by atoms with Gasteiger partial charge in [-0.3, -0.25) is 4.79 Å². The number of halogens is 6. The van der Waals surface area contributed by atoms with E-state index in [0.29, 0.717) is 17.8 Å². The maximum Gasteiger partial charge on any atom is 0.416 e. The average molecular weight is 519 g/mol. The van der Waals surface area contributed by atoms with Crippen molar-refractivity contribution < 1.29 is 31.1 Å². The van der Waals surface area contributed by atoms with Crippen LogP contribution in [0.25, 0.3) is 0 Å². The van der Waals surface area contributed by atoms with Crippen molar-refractivity contribution in [3.05, 3.63) is 69.8 Å². The summed E-state index contributed by atoms with van der Waals surface area (Å²) in [6, 6.07) is 3.35. The number of anilines is 2. The van der Waals surface area contributed by atoms with Gasteiger partial charge in [-0.2, -0.15) is 26.3 Å². The number of alkyl halides is 6. The molecule has 0 saturated heterocycles. The van der Waals surface area contributed by atoms with E-state index in [4.69, 9.17) is 12.2 Å². The van der Waals surface area contributed by atoms with Crippen molar-refractivity contribution in [2.24, 2.45) is 0 Å². The van der Waals surface area contributed by atoms with Gasteiger partial charge in [-0.15, -0.1) is 11.3 Å². The summed E-state index contributed by atoms with van der Waals surface area (Å²) in [5, 5.41) is 9.44. The number of nitrogens with zero attached hydrogens (tertiary/aromatic N) is 2. The first-order valence-electron chi connectivity index (χ1n) is 9.35. The van der Waals surface area contributed by atoms with Gasteiger partial charge in [0, 0.05) is 5.38 Å². The van der Waals surface area contributed by atoms with Crippen LogP contribution in [0.2, 0.25) is 0 Å². The summed E-state index contributed by atoms with van der Waals surface area (Å²) in [5.41, 5.74) is -0.959. The molecule has 0 spiro atoms. The van der Waals surface area contributed by atoms with Crippen molar-refractivity contribution in [2.75, 3.05) is 10.6 Å². The third-order valence-corrected chi connectivity index (χ3v) is 5.19. The normalized spacial score (nSPS) is 12.7. The number of benzene rings is 1. The Kier molecular flexibility index (Phi) is 7.41. The molecule has 0 radical (unpaired) electrons. The monoisotopic (exact) mass is 519 g/mol. The van der Waals surface area contributed by atoms with Crippen molar-refractivity contribution in [1.82, 2.24) is 15.3 Å². The molecule has 3 aromatic rings. The molecule has 2 aromatic heterocycles. The number of aromatic nitrogens is 2. The van der Waals surface area contributed by atoms with Crippen molar-refractivity contribution in [3.63, 3.8) is 0 Å². The maximum absolute atomic E-state index is 13.1. The summed E-state index contributed by atoms with van der Waals surface area (Å²) in [5.74, 6) is -0.209. The third kappa shape index (κ3) is 6.63. The highest BCUT2D eigenvalue weighted by Gasteiger charge is 2.37. The van der Waals surface area contributed by atoms with E-state index in [2.05, 4.69) is 25.9 Å². The van der Waals surface area contributed by atoms with Gasteiger partial charge in [0.25, 0.3) is 5.91 Å². The molecule has 0 unspecified atom stereocenters. The van der Waals surface area contributed by atoms with Gasteiger partial charge in [-0.05, 0) is 55.0 Å². The molecule has 0 bridgehead atoms. The van der Waals surface area contributed by atoms with E-state index >= 15 is 0 Å². The molecule has 6 nitrogen and oxygen atoms in total. The number of rotatable bonds is 5. The van der Waals surface area contributed by atoms with Crippen LogP contribution in [0.1, 0.15) is 40.1 Å². The van der Waals surface area contributed by atoms with Gasteiger partial charge in [0.2, 0.25) is 0 Å². The van der Waals surface area contributed by atoms with Crippen molar-refractivity contribution in [2.45, 2.75) is 25.3 Å². The van der Waals surface area contributed by atoms with Crippen LogP contribution < -0.4 is 16.0 Å². The predicted molar refractivity (Wildman–Crippen MR) is 119 cm³/mol. The molecule has 180 valence electrons. The highest BCUT2D eigenvalue weighted by Crippen LogP contribution is 2.37. The Balaban J connectivity index is 1.66. The van der Waals surface area contributed by atoms with Crippen LogP contribution in [0, 0.1) is 0 Å². The van der Waals surface area contributed by atoms with E-state index in [0.717, 1.165) is 0 Å². The van der Waals surface area contributed by atoms with Gasteiger partial charge in [0.15, 0.2) is 5.11 Å². The Morgan fingerprint density at radius 3 is 2.15 bits per heavy atom. The number of thiazole rings is 1. The first-order chi connectivity index (χ1) is 15.8. The summed E-state index contributed by atoms with van der Waals surface area (Å²) >= 11 is 6.37. The average Bonchev–Trinajstić information content (AvgIpc) is 3.28. The quantitative estimate of drug-likeness (QED) is 0.289. The van der Waals surface area contributed by atoms with E-state index in [9.17, 15) is 31.1 Å².